The first-order chi connectivity index (χ1) is 11.9. The Hall–Kier alpha value is -2.13. The molecular formula is C15H18ClN5O3S. The molecule has 2 heterocycles. The van der Waals surface area contributed by atoms with E-state index in [1.54, 1.807) is 37.6 Å². The molecule has 0 aliphatic heterocycles. The molecule has 0 N–H and O–H groups in total. The fourth-order valence-corrected chi connectivity index (χ4v) is 4.48. The van der Waals surface area contributed by atoms with Gasteiger partial charge < -0.3 is 0 Å². The summed E-state index contributed by atoms with van der Waals surface area (Å²) < 4.78 is 27.2. The number of anilines is 1. The molecule has 134 valence electrons. The summed E-state index contributed by atoms with van der Waals surface area (Å²) in [6.07, 6.45) is 5.98. The van der Waals surface area contributed by atoms with E-state index in [4.69, 9.17) is 11.6 Å². The standard InChI is InChI=1S/C15H18ClN5O3S/c1-3-21(25(23,24)12-6-7-12)15(22)19(2)13-10-20(18-14(13)16)11-5-4-8-17-9-11/h4-5,8-10,12H,3,6-7H2,1-2H3. The Morgan fingerprint density at radius 2 is 2.16 bits per heavy atom. The van der Waals surface area contributed by atoms with E-state index in [0.29, 0.717) is 24.2 Å². The van der Waals surface area contributed by atoms with Crippen LogP contribution in [0.3, 0.4) is 0 Å². The van der Waals surface area contributed by atoms with Crippen LogP contribution < -0.4 is 4.90 Å². The molecule has 25 heavy (non-hydrogen) atoms. The van der Waals surface area contributed by atoms with E-state index >= 15 is 0 Å². The maximum Gasteiger partial charge on any atom is 0.338 e. The summed E-state index contributed by atoms with van der Waals surface area (Å²) in [5.41, 5.74) is 0.995. The summed E-state index contributed by atoms with van der Waals surface area (Å²) in [5, 5.41) is 3.80. The maximum atomic E-state index is 12.7. The normalized spacial score (nSPS) is 14.4. The number of urea groups is 1. The maximum absolute atomic E-state index is 12.7. The highest BCUT2D eigenvalue weighted by Gasteiger charge is 2.42. The minimum atomic E-state index is -3.63. The molecule has 2 aromatic heterocycles. The molecule has 0 spiro atoms. The van der Waals surface area contributed by atoms with Gasteiger partial charge in [-0.3, -0.25) is 9.88 Å². The Bertz CT molecular complexity index is 880. The minimum Gasteiger partial charge on any atom is -0.292 e. The van der Waals surface area contributed by atoms with E-state index < -0.39 is 21.3 Å². The van der Waals surface area contributed by atoms with Crippen molar-refractivity contribution in [2.45, 2.75) is 25.0 Å². The number of amides is 2. The van der Waals surface area contributed by atoms with E-state index in [-0.39, 0.29) is 11.7 Å². The number of carbonyl (C=O) groups is 1. The second-order valence-corrected chi connectivity index (χ2v) is 8.21. The van der Waals surface area contributed by atoms with Crippen LogP contribution in [-0.4, -0.2) is 52.4 Å². The first kappa shape index (κ1) is 17.7. The van der Waals surface area contributed by atoms with Crippen molar-refractivity contribution in [2.75, 3.05) is 18.5 Å². The number of hydrogen-bond donors (Lipinski definition) is 0. The lowest BCUT2D eigenvalue weighted by Crippen LogP contribution is -2.46. The highest BCUT2D eigenvalue weighted by molar-refractivity contribution is 7.90. The first-order valence-corrected chi connectivity index (χ1v) is 9.69. The van der Waals surface area contributed by atoms with Gasteiger partial charge in [-0.05, 0) is 31.9 Å². The molecule has 2 aromatic rings. The summed E-state index contributed by atoms with van der Waals surface area (Å²) in [4.78, 5) is 17.9. The average Bonchev–Trinajstić information content (AvgIpc) is 3.39. The van der Waals surface area contributed by atoms with Gasteiger partial charge in [-0.1, -0.05) is 11.6 Å². The van der Waals surface area contributed by atoms with Crippen LogP contribution in [0.4, 0.5) is 10.5 Å². The molecular weight excluding hydrogens is 366 g/mol. The summed E-state index contributed by atoms with van der Waals surface area (Å²) in [6.45, 7) is 1.70. The molecule has 1 aliphatic carbocycles. The zero-order valence-electron chi connectivity index (χ0n) is 13.8. The Balaban J connectivity index is 1.88. The number of aromatic nitrogens is 3. The van der Waals surface area contributed by atoms with E-state index in [2.05, 4.69) is 10.1 Å². The molecule has 0 radical (unpaired) electrons. The quantitative estimate of drug-likeness (QED) is 0.790. The zero-order valence-corrected chi connectivity index (χ0v) is 15.4. The first-order valence-electron chi connectivity index (χ1n) is 7.81. The summed E-state index contributed by atoms with van der Waals surface area (Å²) in [5.74, 6) is 0. The van der Waals surface area contributed by atoms with Crippen molar-refractivity contribution in [3.63, 3.8) is 0 Å². The molecule has 1 fully saturated rings. The molecule has 10 heteroatoms. The third-order valence-corrected chi connectivity index (χ3v) is 6.58. The van der Waals surface area contributed by atoms with Crippen molar-refractivity contribution in [3.8, 4) is 5.69 Å². The molecule has 3 rings (SSSR count). The van der Waals surface area contributed by atoms with Gasteiger partial charge in [-0.2, -0.15) is 5.10 Å². The summed E-state index contributed by atoms with van der Waals surface area (Å²) in [7, 11) is -2.15. The molecule has 8 nitrogen and oxygen atoms in total. The van der Waals surface area contributed by atoms with E-state index in [1.807, 2.05) is 0 Å². The second-order valence-electron chi connectivity index (χ2n) is 5.71. The molecule has 1 saturated carbocycles. The van der Waals surface area contributed by atoms with E-state index in [1.165, 1.54) is 16.6 Å². The molecule has 0 bridgehead atoms. The highest BCUT2D eigenvalue weighted by Crippen LogP contribution is 2.32. The van der Waals surface area contributed by atoms with Gasteiger partial charge in [0, 0.05) is 19.8 Å². The van der Waals surface area contributed by atoms with Crippen LogP contribution in [0.2, 0.25) is 5.15 Å². The minimum absolute atomic E-state index is 0.0658. The highest BCUT2D eigenvalue weighted by atomic mass is 35.5. The Morgan fingerprint density at radius 1 is 1.44 bits per heavy atom. The van der Waals surface area contributed by atoms with Crippen molar-refractivity contribution in [3.05, 3.63) is 35.9 Å². The van der Waals surface area contributed by atoms with Crippen LogP contribution in [0.15, 0.2) is 30.7 Å². The molecule has 0 atom stereocenters. The third-order valence-electron chi connectivity index (χ3n) is 3.96. The molecule has 1 aliphatic rings. The Labute approximate surface area is 151 Å². The zero-order chi connectivity index (χ0) is 18.2. The summed E-state index contributed by atoms with van der Waals surface area (Å²) >= 11 is 6.16. The van der Waals surface area contributed by atoms with Crippen LogP contribution in [0.5, 0.6) is 0 Å². The van der Waals surface area contributed by atoms with Crippen LogP contribution in [0.1, 0.15) is 19.8 Å². The van der Waals surface area contributed by atoms with Gasteiger partial charge in [0.1, 0.15) is 5.69 Å². The van der Waals surface area contributed by atoms with Crippen molar-refractivity contribution in [1.82, 2.24) is 19.1 Å². The number of nitrogens with zero attached hydrogens (tertiary/aromatic N) is 5. The van der Waals surface area contributed by atoms with Gasteiger partial charge in [0.25, 0.3) is 0 Å². The lowest BCUT2D eigenvalue weighted by molar-refractivity contribution is 0.231. The third kappa shape index (κ3) is 3.34. The predicted molar refractivity (Wildman–Crippen MR) is 94.5 cm³/mol. The number of halogens is 1. The largest absolute Gasteiger partial charge is 0.338 e. The number of hydrogen-bond acceptors (Lipinski definition) is 5. The van der Waals surface area contributed by atoms with Crippen LogP contribution in [-0.2, 0) is 10.0 Å². The average molecular weight is 384 g/mol. The fraction of sp³-hybridized carbons (Fsp3) is 0.400. The van der Waals surface area contributed by atoms with Crippen molar-refractivity contribution in [1.29, 1.82) is 0 Å². The molecule has 2 amide bonds. The Morgan fingerprint density at radius 3 is 2.72 bits per heavy atom. The van der Waals surface area contributed by atoms with Crippen molar-refractivity contribution < 1.29 is 13.2 Å². The van der Waals surface area contributed by atoms with Gasteiger partial charge in [-0.25, -0.2) is 22.2 Å². The van der Waals surface area contributed by atoms with Crippen LogP contribution >= 0.6 is 11.6 Å². The van der Waals surface area contributed by atoms with Gasteiger partial charge >= 0.3 is 6.03 Å². The lowest BCUT2D eigenvalue weighted by atomic mass is 10.4. The van der Waals surface area contributed by atoms with Crippen LogP contribution in [0, 0.1) is 0 Å². The van der Waals surface area contributed by atoms with Crippen molar-refractivity contribution in [2.24, 2.45) is 0 Å². The lowest BCUT2D eigenvalue weighted by Gasteiger charge is -2.26. The molecule has 0 saturated heterocycles. The molecule has 0 unspecified atom stereocenters. The van der Waals surface area contributed by atoms with Crippen molar-refractivity contribution >= 4 is 33.3 Å². The molecule has 0 aromatic carbocycles. The number of carbonyl (C=O) groups excluding carboxylic acids is 1. The predicted octanol–water partition coefficient (Wildman–Crippen LogP) is 2.29. The van der Waals surface area contributed by atoms with Crippen LogP contribution in [0.25, 0.3) is 5.69 Å². The van der Waals surface area contributed by atoms with Gasteiger partial charge in [0.2, 0.25) is 10.0 Å². The van der Waals surface area contributed by atoms with E-state index in [0.717, 1.165) is 4.31 Å². The Kier molecular flexibility index (Phi) is 4.70. The van der Waals surface area contributed by atoms with Gasteiger partial charge in [-0.15, -0.1) is 0 Å². The number of pyridine rings is 1. The number of sulfonamides is 1. The SMILES string of the molecule is CCN(C(=O)N(C)c1cn(-c2cccnc2)nc1Cl)S(=O)(=O)C1CC1. The smallest absolute Gasteiger partial charge is 0.292 e. The summed E-state index contributed by atoms with van der Waals surface area (Å²) in [6, 6.07) is 2.89. The number of rotatable bonds is 5. The monoisotopic (exact) mass is 383 g/mol. The fourth-order valence-electron chi connectivity index (χ4n) is 2.43. The van der Waals surface area contributed by atoms with Gasteiger partial charge in [0.05, 0.1) is 23.3 Å². The topological polar surface area (TPSA) is 88.4 Å². The van der Waals surface area contributed by atoms with Gasteiger partial charge in [0.15, 0.2) is 5.15 Å². The van der Waals surface area contributed by atoms with E-state index in [9.17, 15) is 13.2 Å². The second kappa shape index (κ2) is 6.64.